The van der Waals surface area contributed by atoms with Crippen molar-refractivity contribution in [3.8, 4) is 5.75 Å². The van der Waals surface area contributed by atoms with E-state index in [1.807, 2.05) is 48.7 Å². The van der Waals surface area contributed by atoms with Gasteiger partial charge in [-0.3, -0.25) is 4.79 Å². The predicted octanol–water partition coefficient (Wildman–Crippen LogP) is 5.65. The van der Waals surface area contributed by atoms with Crippen molar-refractivity contribution in [1.29, 1.82) is 0 Å². The number of hydrogen-bond acceptors (Lipinski definition) is 3. The first-order chi connectivity index (χ1) is 12.2. The average molecular weight is 372 g/mol. The summed E-state index contributed by atoms with van der Waals surface area (Å²) in [4.78, 5) is 16.0. The van der Waals surface area contributed by atoms with E-state index < -0.39 is 0 Å². The van der Waals surface area contributed by atoms with Crippen LogP contribution in [0.3, 0.4) is 0 Å². The second-order valence-corrected chi connectivity index (χ2v) is 6.87. The summed E-state index contributed by atoms with van der Waals surface area (Å²) in [6.45, 7) is 3.05. The lowest BCUT2D eigenvalue weighted by atomic mass is 10.1. The summed E-state index contributed by atoms with van der Waals surface area (Å²) in [5.41, 5.74) is 1.44. The number of halogens is 1. The van der Waals surface area contributed by atoms with Crippen LogP contribution in [0.15, 0.2) is 66.0 Å². The summed E-state index contributed by atoms with van der Waals surface area (Å²) >= 11 is 7.62. The van der Waals surface area contributed by atoms with Gasteiger partial charge >= 0.3 is 0 Å². The van der Waals surface area contributed by atoms with Gasteiger partial charge in [-0.2, -0.15) is 0 Å². The zero-order chi connectivity index (χ0) is 17.6. The van der Waals surface area contributed by atoms with E-state index in [9.17, 15) is 4.79 Å². The fraction of sp³-hybridized carbons (Fsp3) is 0.150. The van der Waals surface area contributed by atoms with Gasteiger partial charge in [-0.15, -0.1) is 11.3 Å². The van der Waals surface area contributed by atoms with Crippen LogP contribution in [-0.4, -0.2) is 12.5 Å². The van der Waals surface area contributed by atoms with Crippen molar-refractivity contribution in [3.63, 3.8) is 0 Å². The molecule has 25 heavy (non-hydrogen) atoms. The number of carbonyl (C=O) groups is 1. The third-order valence-electron chi connectivity index (χ3n) is 3.69. The van der Waals surface area contributed by atoms with Crippen LogP contribution in [0.5, 0.6) is 5.75 Å². The molecule has 5 heteroatoms. The van der Waals surface area contributed by atoms with Crippen molar-refractivity contribution in [2.24, 2.45) is 0 Å². The molecule has 0 bridgehead atoms. The van der Waals surface area contributed by atoms with Gasteiger partial charge in [-0.1, -0.05) is 17.7 Å². The van der Waals surface area contributed by atoms with Crippen molar-refractivity contribution in [3.05, 3.63) is 81.5 Å². The summed E-state index contributed by atoms with van der Waals surface area (Å²) < 4.78 is 5.45. The summed E-state index contributed by atoms with van der Waals surface area (Å²) in [6, 6.07) is 18.6. The molecule has 0 aliphatic heterocycles. The molecule has 0 spiro atoms. The quantitative estimate of drug-likeness (QED) is 0.560. The Bertz CT molecular complexity index is 814. The molecule has 0 saturated carbocycles. The van der Waals surface area contributed by atoms with Crippen LogP contribution in [0.2, 0.25) is 5.02 Å². The van der Waals surface area contributed by atoms with Crippen LogP contribution >= 0.6 is 22.9 Å². The molecule has 0 N–H and O–H groups in total. The van der Waals surface area contributed by atoms with Crippen molar-refractivity contribution < 1.29 is 9.53 Å². The van der Waals surface area contributed by atoms with Crippen LogP contribution in [0.4, 0.5) is 5.69 Å². The fourth-order valence-corrected chi connectivity index (χ4v) is 3.29. The predicted molar refractivity (Wildman–Crippen MR) is 104 cm³/mol. The standard InChI is InChI=1S/C20H18ClNO2S/c1-2-24-18-11-5-15(6-12-18)20(23)22(14-19-4-3-13-25-19)17-9-7-16(21)8-10-17/h3-13H,2,14H2,1H3. The SMILES string of the molecule is CCOc1ccc(C(=O)N(Cc2cccs2)c2ccc(Cl)cc2)cc1. The molecule has 1 amide bonds. The lowest BCUT2D eigenvalue weighted by Gasteiger charge is -2.22. The Morgan fingerprint density at radius 1 is 1.08 bits per heavy atom. The van der Waals surface area contributed by atoms with Gasteiger partial charge < -0.3 is 9.64 Å². The third-order valence-corrected chi connectivity index (χ3v) is 4.80. The second-order valence-electron chi connectivity index (χ2n) is 5.40. The van der Waals surface area contributed by atoms with Crippen LogP contribution < -0.4 is 9.64 Å². The topological polar surface area (TPSA) is 29.5 Å². The van der Waals surface area contributed by atoms with E-state index in [0.717, 1.165) is 16.3 Å². The van der Waals surface area contributed by atoms with Crippen molar-refractivity contribution in [2.75, 3.05) is 11.5 Å². The molecule has 3 rings (SSSR count). The monoisotopic (exact) mass is 371 g/mol. The number of ether oxygens (including phenoxy) is 1. The maximum atomic E-state index is 13.1. The second kappa shape index (κ2) is 8.19. The van der Waals surface area contributed by atoms with Crippen LogP contribution in [0.25, 0.3) is 0 Å². The minimum atomic E-state index is -0.0567. The number of nitrogens with zero attached hydrogens (tertiary/aromatic N) is 1. The molecule has 3 nitrogen and oxygen atoms in total. The van der Waals surface area contributed by atoms with E-state index in [4.69, 9.17) is 16.3 Å². The number of benzene rings is 2. The first kappa shape index (κ1) is 17.5. The van der Waals surface area contributed by atoms with E-state index in [2.05, 4.69) is 0 Å². The Hall–Kier alpha value is -2.30. The Labute approximate surface area is 156 Å². The van der Waals surface area contributed by atoms with E-state index in [1.54, 1.807) is 40.5 Å². The number of thiophene rings is 1. The summed E-state index contributed by atoms with van der Waals surface area (Å²) in [5, 5.41) is 2.66. The molecule has 1 aromatic heterocycles. The number of hydrogen-bond donors (Lipinski definition) is 0. The summed E-state index contributed by atoms with van der Waals surface area (Å²) in [6.07, 6.45) is 0. The van der Waals surface area contributed by atoms with E-state index >= 15 is 0 Å². The largest absolute Gasteiger partial charge is 0.494 e. The molecule has 2 aromatic carbocycles. The van der Waals surface area contributed by atoms with E-state index in [0.29, 0.717) is 23.7 Å². The summed E-state index contributed by atoms with van der Waals surface area (Å²) in [7, 11) is 0. The van der Waals surface area contributed by atoms with Gasteiger partial charge in [0.25, 0.3) is 5.91 Å². The van der Waals surface area contributed by atoms with E-state index in [1.165, 1.54) is 0 Å². The van der Waals surface area contributed by atoms with Gasteiger partial charge in [-0.05, 0) is 66.9 Å². The lowest BCUT2D eigenvalue weighted by Crippen LogP contribution is -2.30. The molecule has 0 unspecified atom stereocenters. The van der Waals surface area contributed by atoms with Gasteiger partial charge in [0.2, 0.25) is 0 Å². The number of anilines is 1. The Balaban J connectivity index is 1.89. The van der Waals surface area contributed by atoms with Crippen molar-refractivity contribution in [1.82, 2.24) is 0 Å². The lowest BCUT2D eigenvalue weighted by molar-refractivity contribution is 0.0985. The molecule has 0 aliphatic rings. The minimum Gasteiger partial charge on any atom is -0.494 e. The zero-order valence-corrected chi connectivity index (χ0v) is 15.4. The van der Waals surface area contributed by atoms with Crippen molar-refractivity contribution in [2.45, 2.75) is 13.5 Å². The first-order valence-corrected chi connectivity index (χ1v) is 9.26. The molecule has 128 valence electrons. The summed E-state index contributed by atoms with van der Waals surface area (Å²) in [5.74, 6) is 0.703. The number of rotatable bonds is 6. The highest BCUT2D eigenvalue weighted by molar-refractivity contribution is 7.09. The van der Waals surface area contributed by atoms with Gasteiger partial charge in [0.1, 0.15) is 5.75 Å². The fourth-order valence-electron chi connectivity index (χ4n) is 2.48. The highest BCUT2D eigenvalue weighted by atomic mass is 35.5. The van der Waals surface area contributed by atoms with Crippen molar-refractivity contribution >= 4 is 34.5 Å². The minimum absolute atomic E-state index is 0.0567. The molecule has 3 aromatic rings. The van der Waals surface area contributed by atoms with Gasteiger partial charge in [-0.25, -0.2) is 0 Å². The number of carbonyl (C=O) groups excluding carboxylic acids is 1. The smallest absolute Gasteiger partial charge is 0.258 e. The van der Waals surface area contributed by atoms with Gasteiger partial charge in [0, 0.05) is 21.2 Å². The Kier molecular flexibility index (Phi) is 5.74. The molecule has 0 radical (unpaired) electrons. The number of amides is 1. The zero-order valence-electron chi connectivity index (χ0n) is 13.8. The average Bonchev–Trinajstić information content (AvgIpc) is 3.14. The molecule has 1 heterocycles. The van der Waals surface area contributed by atoms with Gasteiger partial charge in [0.15, 0.2) is 0 Å². The van der Waals surface area contributed by atoms with Crippen LogP contribution in [0.1, 0.15) is 22.2 Å². The molecule has 0 fully saturated rings. The van der Waals surface area contributed by atoms with E-state index in [-0.39, 0.29) is 5.91 Å². The Morgan fingerprint density at radius 3 is 2.40 bits per heavy atom. The Morgan fingerprint density at radius 2 is 1.80 bits per heavy atom. The van der Waals surface area contributed by atoms with Crippen LogP contribution in [-0.2, 0) is 6.54 Å². The molecular formula is C20H18ClNO2S. The highest BCUT2D eigenvalue weighted by Gasteiger charge is 2.19. The third kappa shape index (κ3) is 4.41. The molecular weight excluding hydrogens is 354 g/mol. The first-order valence-electron chi connectivity index (χ1n) is 8.00. The maximum Gasteiger partial charge on any atom is 0.258 e. The highest BCUT2D eigenvalue weighted by Crippen LogP contribution is 2.24. The van der Waals surface area contributed by atoms with Gasteiger partial charge in [0.05, 0.1) is 13.2 Å². The molecule has 0 aliphatic carbocycles. The molecule has 0 atom stereocenters. The molecule has 0 saturated heterocycles. The maximum absolute atomic E-state index is 13.1. The normalized spacial score (nSPS) is 10.5. The van der Waals surface area contributed by atoms with Crippen LogP contribution in [0, 0.1) is 0 Å².